The quantitative estimate of drug-likeness (QED) is 0.0572. The number of amides is 5. The Hall–Kier alpha value is -5.71. The number of likely N-dealkylation sites (tertiary alicyclic amines) is 1. The third-order valence-electron chi connectivity index (χ3n) is 9.65. The van der Waals surface area contributed by atoms with Crippen LogP contribution >= 0.6 is 0 Å². The minimum atomic E-state index is -0.866. The van der Waals surface area contributed by atoms with E-state index < -0.39 is 18.0 Å². The molecule has 2 aliphatic heterocycles. The average molecular weight is 761 g/mol. The number of guanidine groups is 2. The summed E-state index contributed by atoms with van der Waals surface area (Å²) in [5, 5.41) is 11.3. The molecule has 55 heavy (non-hydrogen) atoms. The number of benzene rings is 2. The number of para-hydroxylation sites is 3. The molecule has 0 bridgehead atoms. The van der Waals surface area contributed by atoms with Crippen LogP contribution in [-0.4, -0.2) is 97.7 Å². The number of hydrogen-bond donors (Lipinski definition) is 8. The minimum absolute atomic E-state index is 0.0580. The summed E-state index contributed by atoms with van der Waals surface area (Å²) in [6.07, 6.45) is 6.05. The van der Waals surface area contributed by atoms with Crippen LogP contribution in [0.5, 0.6) is 0 Å². The second kappa shape index (κ2) is 21.2. The van der Waals surface area contributed by atoms with E-state index >= 15 is 0 Å². The van der Waals surface area contributed by atoms with Crippen molar-refractivity contribution in [3.05, 3.63) is 54.1 Å². The highest BCUT2D eigenvalue weighted by Gasteiger charge is 2.31. The van der Waals surface area contributed by atoms with Crippen molar-refractivity contribution in [2.24, 2.45) is 38.8 Å². The van der Waals surface area contributed by atoms with E-state index in [0.717, 1.165) is 45.2 Å². The molecule has 17 heteroatoms. The Balaban J connectivity index is 1.23. The summed E-state index contributed by atoms with van der Waals surface area (Å²) in [5.74, 6) is -1.14. The number of nitrogens with two attached hydrogens (primary N) is 4. The molecule has 2 aromatic rings. The van der Waals surface area contributed by atoms with Gasteiger partial charge in [0.2, 0.25) is 23.6 Å². The van der Waals surface area contributed by atoms with Crippen LogP contribution in [0.15, 0.2) is 58.5 Å². The van der Waals surface area contributed by atoms with E-state index in [1.165, 1.54) is 6.92 Å². The molecule has 0 unspecified atom stereocenters. The highest BCUT2D eigenvalue weighted by Crippen LogP contribution is 2.38. The molecule has 298 valence electrons. The van der Waals surface area contributed by atoms with Crippen LogP contribution < -0.4 is 49.1 Å². The van der Waals surface area contributed by atoms with Gasteiger partial charge in [0.25, 0.3) is 5.91 Å². The molecule has 0 aliphatic carbocycles. The van der Waals surface area contributed by atoms with Gasteiger partial charge in [-0.15, -0.1) is 0 Å². The van der Waals surface area contributed by atoms with Gasteiger partial charge in [-0.1, -0.05) is 37.1 Å². The zero-order valence-corrected chi connectivity index (χ0v) is 31.6. The number of nitrogens with one attached hydrogen (secondary N) is 4. The Labute approximate surface area is 322 Å². The molecule has 0 spiro atoms. The van der Waals surface area contributed by atoms with Crippen molar-refractivity contribution in [3.63, 3.8) is 0 Å². The fraction of sp³-hybridized carbons (Fsp3) is 0.500. The highest BCUT2D eigenvalue weighted by molar-refractivity contribution is 6.18. The van der Waals surface area contributed by atoms with E-state index in [2.05, 4.69) is 36.2 Å². The molecular weight excluding hydrogens is 704 g/mol. The molecule has 2 atom stereocenters. The van der Waals surface area contributed by atoms with E-state index in [1.807, 2.05) is 24.3 Å². The van der Waals surface area contributed by atoms with Gasteiger partial charge in [-0.25, -0.2) is 0 Å². The lowest BCUT2D eigenvalue weighted by molar-refractivity contribution is -0.132. The van der Waals surface area contributed by atoms with Crippen LogP contribution in [0.3, 0.4) is 0 Å². The van der Waals surface area contributed by atoms with Gasteiger partial charge in [0.05, 0.1) is 29.2 Å². The van der Waals surface area contributed by atoms with Crippen molar-refractivity contribution < 1.29 is 24.0 Å². The molecular formula is C38H56N12O5. The molecule has 12 N–H and O–H groups in total. The summed E-state index contributed by atoms with van der Waals surface area (Å²) in [4.78, 5) is 76.8. The van der Waals surface area contributed by atoms with Crippen LogP contribution in [0, 0.1) is 5.92 Å². The predicted molar refractivity (Wildman–Crippen MR) is 213 cm³/mol. The van der Waals surface area contributed by atoms with Crippen LogP contribution in [-0.2, 0) is 19.2 Å². The SMILES string of the molecule is CC(=O)N[C@@H](CCCN=C(N)N)C(=O)N[C@@H](CCCN=C(N)N)C(=O)NCCCCC1CCN(CC(=O)N2c3ccccc3NC(=O)c3ccccc32)CC1. The molecule has 0 saturated carbocycles. The number of hydrogen-bond acceptors (Lipinski definition) is 8. The first-order chi connectivity index (χ1) is 26.4. The maximum Gasteiger partial charge on any atom is 0.257 e. The molecule has 0 aromatic heterocycles. The van der Waals surface area contributed by atoms with Crippen LogP contribution in [0.2, 0.25) is 0 Å². The number of rotatable bonds is 19. The molecule has 5 amide bonds. The zero-order chi connectivity index (χ0) is 39.7. The molecule has 4 rings (SSSR count). The van der Waals surface area contributed by atoms with Crippen molar-refractivity contribution in [2.45, 2.75) is 76.8 Å². The second-order valence-corrected chi connectivity index (χ2v) is 13.9. The highest BCUT2D eigenvalue weighted by atomic mass is 16.2. The van der Waals surface area contributed by atoms with Crippen molar-refractivity contribution in [1.82, 2.24) is 20.9 Å². The smallest absolute Gasteiger partial charge is 0.257 e. The van der Waals surface area contributed by atoms with Gasteiger partial charge < -0.3 is 44.2 Å². The number of carbonyl (C=O) groups is 5. The Bertz CT molecular complexity index is 1700. The summed E-state index contributed by atoms with van der Waals surface area (Å²) in [6, 6.07) is 12.8. The first kappa shape index (κ1) is 42.0. The summed E-state index contributed by atoms with van der Waals surface area (Å²) in [6.45, 7) is 4.16. The first-order valence-corrected chi connectivity index (χ1v) is 18.9. The molecule has 17 nitrogen and oxygen atoms in total. The van der Waals surface area contributed by atoms with Gasteiger partial charge in [0.15, 0.2) is 11.9 Å². The number of fused-ring (bicyclic) bond motifs is 2. The summed E-state index contributed by atoms with van der Waals surface area (Å²) < 4.78 is 0. The Morgan fingerprint density at radius 1 is 0.800 bits per heavy atom. The third kappa shape index (κ3) is 13.3. The largest absolute Gasteiger partial charge is 0.370 e. The number of aliphatic imine (C=N–C) groups is 2. The van der Waals surface area contributed by atoms with Gasteiger partial charge >= 0.3 is 0 Å². The number of nitrogens with zero attached hydrogens (tertiary/aromatic N) is 4. The van der Waals surface area contributed by atoms with Gasteiger partial charge in [-0.05, 0) is 88.2 Å². The van der Waals surface area contributed by atoms with Crippen molar-refractivity contribution in [3.8, 4) is 0 Å². The van der Waals surface area contributed by atoms with Crippen molar-refractivity contribution in [2.75, 3.05) is 49.5 Å². The topological polar surface area (TPSA) is 269 Å². The lowest BCUT2D eigenvalue weighted by Crippen LogP contribution is -2.53. The summed E-state index contributed by atoms with van der Waals surface area (Å²) in [5.41, 5.74) is 23.9. The molecule has 1 fully saturated rings. The van der Waals surface area contributed by atoms with E-state index in [9.17, 15) is 24.0 Å². The maximum absolute atomic E-state index is 13.8. The van der Waals surface area contributed by atoms with Gasteiger partial charge in [0, 0.05) is 26.6 Å². The average Bonchev–Trinajstić information content (AvgIpc) is 3.27. The Kier molecular flexibility index (Phi) is 16.2. The molecule has 2 heterocycles. The van der Waals surface area contributed by atoms with Crippen LogP contribution in [0.1, 0.15) is 75.1 Å². The monoisotopic (exact) mass is 760 g/mol. The minimum Gasteiger partial charge on any atom is -0.370 e. The third-order valence-corrected chi connectivity index (χ3v) is 9.65. The van der Waals surface area contributed by atoms with Crippen LogP contribution in [0.25, 0.3) is 0 Å². The first-order valence-electron chi connectivity index (χ1n) is 18.9. The number of anilines is 3. The predicted octanol–water partition coefficient (Wildman–Crippen LogP) is 1.01. The van der Waals surface area contributed by atoms with E-state index in [1.54, 1.807) is 29.2 Å². The molecule has 0 radical (unpaired) electrons. The van der Waals surface area contributed by atoms with Gasteiger partial charge in [0.1, 0.15) is 12.1 Å². The Morgan fingerprint density at radius 2 is 1.40 bits per heavy atom. The fourth-order valence-electron chi connectivity index (χ4n) is 6.87. The maximum atomic E-state index is 13.8. The summed E-state index contributed by atoms with van der Waals surface area (Å²) >= 11 is 0. The van der Waals surface area contributed by atoms with E-state index in [4.69, 9.17) is 22.9 Å². The Morgan fingerprint density at radius 3 is 2.04 bits per heavy atom. The normalized spacial score (nSPS) is 15.2. The number of piperidine rings is 1. The standard InChI is InChI=1S/C38H56N12O5/c1-25(51)46-30(14-9-21-45-38(41)42)36(55)48-29(13-8-20-44-37(39)40)35(54)43-19-7-6-10-26-17-22-49(23-18-26)24-33(52)50-31-15-4-2-11-27(31)34(53)47-28-12-3-5-16-32(28)50/h2-5,11-12,15-16,26,29-30H,6-10,13-14,17-24H2,1H3,(H,43,54)(H,46,51)(H,47,53)(H,48,55)(H4,39,40,44)(H4,41,42,45)/t29-,30-/m0/s1. The lowest BCUT2D eigenvalue weighted by Gasteiger charge is -2.33. The molecule has 2 aromatic carbocycles. The number of unbranched alkanes of at least 4 members (excludes halogenated alkanes) is 1. The van der Waals surface area contributed by atoms with E-state index in [-0.39, 0.29) is 48.5 Å². The second-order valence-electron chi connectivity index (χ2n) is 13.9. The van der Waals surface area contributed by atoms with Gasteiger partial charge in [-0.2, -0.15) is 0 Å². The van der Waals surface area contributed by atoms with Crippen molar-refractivity contribution >= 4 is 58.5 Å². The number of carbonyl (C=O) groups excluding carboxylic acids is 5. The fourth-order valence-corrected chi connectivity index (χ4v) is 6.87. The van der Waals surface area contributed by atoms with E-state index in [0.29, 0.717) is 67.4 Å². The zero-order valence-electron chi connectivity index (χ0n) is 31.6. The van der Waals surface area contributed by atoms with Crippen molar-refractivity contribution in [1.29, 1.82) is 0 Å². The molecule has 2 aliphatic rings. The van der Waals surface area contributed by atoms with Crippen LogP contribution in [0.4, 0.5) is 17.1 Å². The molecule has 1 saturated heterocycles. The van der Waals surface area contributed by atoms with Gasteiger partial charge in [-0.3, -0.25) is 43.8 Å². The lowest BCUT2D eigenvalue weighted by atomic mass is 9.91. The summed E-state index contributed by atoms with van der Waals surface area (Å²) in [7, 11) is 0.